The monoisotopic (exact) mass is 270 g/mol. The minimum atomic E-state index is -0.556. The summed E-state index contributed by atoms with van der Waals surface area (Å²) in [4.78, 5) is 11.6. The smallest absolute Gasteiger partial charge is 0.260 e. The number of likely N-dealkylation sites (N-methyl/N-ethyl adjacent to an activating group) is 1. The van der Waals surface area contributed by atoms with Gasteiger partial charge < -0.3 is 15.8 Å². The van der Waals surface area contributed by atoms with Crippen molar-refractivity contribution in [2.75, 3.05) is 13.1 Å². The lowest BCUT2D eigenvalue weighted by molar-refractivity contribution is -0.127. The van der Waals surface area contributed by atoms with Gasteiger partial charge in [0, 0.05) is 17.1 Å². The average molecular weight is 271 g/mol. The molecule has 0 aliphatic rings. The molecule has 0 aromatic heterocycles. The van der Waals surface area contributed by atoms with Crippen LogP contribution >= 0.6 is 11.6 Å². The molecule has 18 heavy (non-hydrogen) atoms. The van der Waals surface area contributed by atoms with Crippen molar-refractivity contribution in [1.29, 1.82) is 0 Å². The van der Waals surface area contributed by atoms with E-state index in [0.717, 1.165) is 5.56 Å². The summed E-state index contributed by atoms with van der Waals surface area (Å²) in [6, 6.07) is 5.38. The van der Waals surface area contributed by atoms with Crippen molar-refractivity contribution in [3.05, 3.63) is 28.8 Å². The lowest BCUT2D eigenvalue weighted by atomic mass is 10.1. The van der Waals surface area contributed by atoms with E-state index >= 15 is 0 Å². The molecule has 1 aromatic rings. The van der Waals surface area contributed by atoms with Gasteiger partial charge in [0.05, 0.1) is 0 Å². The first-order valence-electron chi connectivity index (χ1n) is 6.02. The van der Waals surface area contributed by atoms with E-state index in [0.29, 0.717) is 30.3 Å². The van der Waals surface area contributed by atoms with Crippen LogP contribution < -0.4 is 15.8 Å². The van der Waals surface area contributed by atoms with Gasteiger partial charge in [-0.1, -0.05) is 17.7 Å². The Balaban J connectivity index is 2.83. The van der Waals surface area contributed by atoms with Crippen LogP contribution in [0.3, 0.4) is 0 Å². The van der Waals surface area contributed by atoms with Crippen molar-refractivity contribution in [1.82, 2.24) is 5.32 Å². The Hall–Kier alpha value is -1.26. The fraction of sp³-hybridized carbons (Fsp3) is 0.462. The topological polar surface area (TPSA) is 64.3 Å². The minimum absolute atomic E-state index is 0.142. The zero-order valence-corrected chi connectivity index (χ0v) is 11.5. The molecule has 3 N–H and O–H groups in total. The van der Waals surface area contributed by atoms with Gasteiger partial charge in [-0.25, -0.2) is 0 Å². The summed E-state index contributed by atoms with van der Waals surface area (Å²) in [6.45, 7) is 4.63. The number of hydrogen-bond donors (Lipinski definition) is 2. The molecule has 0 fully saturated rings. The van der Waals surface area contributed by atoms with E-state index < -0.39 is 6.10 Å². The minimum Gasteiger partial charge on any atom is -0.481 e. The predicted molar refractivity (Wildman–Crippen MR) is 73.0 cm³/mol. The van der Waals surface area contributed by atoms with E-state index in [1.165, 1.54) is 0 Å². The van der Waals surface area contributed by atoms with E-state index in [1.54, 1.807) is 25.1 Å². The second kappa shape index (κ2) is 7.24. The highest BCUT2D eigenvalue weighted by atomic mass is 35.5. The number of carbonyl (C=O) groups excluding carboxylic acids is 1. The van der Waals surface area contributed by atoms with Crippen molar-refractivity contribution in [3.8, 4) is 5.75 Å². The van der Waals surface area contributed by atoms with Crippen molar-refractivity contribution >= 4 is 17.5 Å². The van der Waals surface area contributed by atoms with Crippen LogP contribution in [-0.4, -0.2) is 25.1 Å². The summed E-state index contributed by atoms with van der Waals surface area (Å²) in [6.07, 6.45) is 0.0665. The molecule has 0 spiro atoms. The molecule has 0 aliphatic carbocycles. The Bertz CT molecular complexity index is 410. The third kappa shape index (κ3) is 3.89. The normalized spacial score (nSPS) is 12.0. The summed E-state index contributed by atoms with van der Waals surface area (Å²) in [5.74, 6) is 0.475. The average Bonchev–Trinajstić information content (AvgIpc) is 2.34. The first kappa shape index (κ1) is 14.8. The number of nitrogens with two attached hydrogens (primary N) is 1. The number of nitrogens with one attached hydrogen (secondary N) is 1. The number of rotatable bonds is 6. The van der Waals surface area contributed by atoms with E-state index in [1.807, 2.05) is 6.92 Å². The third-order valence-electron chi connectivity index (χ3n) is 2.49. The quantitative estimate of drug-likeness (QED) is 0.828. The van der Waals surface area contributed by atoms with E-state index in [9.17, 15) is 4.79 Å². The number of halogens is 1. The number of amides is 1. The van der Waals surface area contributed by atoms with Gasteiger partial charge in [0.1, 0.15) is 5.75 Å². The second-order valence-corrected chi connectivity index (χ2v) is 4.32. The first-order chi connectivity index (χ1) is 8.60. The standard InChI is InChI=1S/C13H19ClN2O2/c1-3-16-13(17)9(2)18-12-6-4-5-11(14)10(12)7-8-15/h4-6,9H,3,7-8,15H2,1-2H3,(H,16,17). The Morgan fingerprint density at radius 2 is 2.28 bits per heavy atom. The fourth-order valence-corrected chi connectivity index (χ4v) is 1.86. The zero-order chi connectivity index (χ0) is 13.5. The summed E-state index contributed by atoms with van der Waals surface area (Å²) in [7, 11) is 0. The SMILES string of the molecule is CCNC(=O)C(C)Oc1cccc(Cl)c1CCN. The molecule has 0 bridgehead atoms. The second-order valence-electron chi connectivity index (χ2n) is 3.91. The van der Waals surface area contributed by atoms with Gasteiger partial charge in [-0.05, 0) is 38.9 Å². The molecular weight excluding hydrogens is 252 g/mol. The van der Waals surface area contributed by atoms with Crippen molar-refractivity contribution in [3.63, 3.8) is 0 Å². The van der Waals surface area contributed by atoms with Crippen molar-refractivity contribution in [2.45, 2.75) is 26.4 Å². The third-order valence-corrected chi connectivity index (χ3v) is 2.85. The Morgan fingerprint density at radius 3 is 2.89 bits per heavy atom. The molecule has 1 rings (SSSR count). The maximum atomic E-state index is 11.6. The van der Waals surface area contributed by atoms with Gasteiger partial charge in [0.15, 0.2) is 6.10 Å². The number of ether oxygens (including phenoxy) is 1. The molecule has 1 amide bonds. The molecule has 1 unspecified atom stereocenters. The van der Waals surface area contributed by atoms with Crippen LogP contribution in [0, 0.1) is 0 Å². The molecule has 0 heterocycles. The van der Waals surface area contributed by atoms with E-state index in [4.69, 9.17) is 22.1 Å². The van der Waals surface area contributed by atoms with Crippen LogP contribution in [0.5, 0.6) is 5.75 Å². The first-order valence-corrected chi connectivity index (χ1v) is 6.39. The fourth-order valence-electron chi connectivity index (χ4n) is 1.60. The molecule has 0 saturated heterocycles. The zero-order valence-electron chi connectivity index (χ0n) is 10.7. The highest BCUT2D eigenvalue weighted by molar-refractivity contribution is 6.31. The maximum absolute atomic E-state index is 11.6. The van der Waals surface area contributed by atoms with Crippen LogP contribution in [0.4, 0.5) is 0 Å². The van der Waals surface area contributed by atoms with E-state index in [-0.39, 0.29) is 5.91 Å². The molecule has 0 radical (unpaired) electrons. The lowest BCUT2D eigenvalue weighted by Gasteiger charge is -2.17. The molecule has 0 saturated carbocycles. The summed E-state index contributed by atoms with van der Waals surface area (Å²) in [5, 5.41) is 3.32. The summed E-state index contributed by atoms with van der Waals surface area (Å²) in [5.41, 5.74) is 6.39. The van der Waals surface area contributed by atoms with E-state index in [2.05, 4.69) is 5.32 Å². The molecule has 4 nitrogen and oxygen atoms in total. The van der Waals surface area contributed by atoms with Crippen molar-refractivity contribution in [2.24, 2.45) is 5.73 Å². The largest absolute Gasteiger partial charge is 0.481 e. The van der Waals surface area contributed by atoms with Gasteiger partial charge in [-0.2, -0.15) is 0 Å². The van der Waals surface area contributed by atoms with Gasteiger partial charge in [0.25, 0.3) is 5.91 Å². The van der Waals surface area contributed by atoms with Crippen LogP contribution in [-0.2, 0) is 11.2 Å². The highest BCUT2D eigenvalue weighted by Crippen LogP contribution is 2.27. The number of benzene rings is 1. The van der Waals surface area contributed by atoms with Crippen LogP contribution in [0.2, 0.25) is 5.02 Å². The van der Waals surface area contributed by atoms with Gasteiger partial charge in [-0.15, -0.1) is 0 Å². The number of hydrogen-bond acceptors (Lipinski definition) is 3. The molecule has 1 aromatic carbocycles. The summed E-state index contributed by atoms with van der Waals surface area (Å²) >= 11 is 6.10. The van der Waals surface area contributed by atoms with Crippen LogP contribution in [0.25, 0.3) is 0 Å². The predicted octanol–water partition coefficient (Wildman–Crippen LogP) is 1.74. The number of carbonyl (C=O) groups is 1. The van der Waals surface area contributed by atoms with Gasteiger partial charge in [0.2, 0.25) is 0 Å². The lowest BCUT2D eigenvalue weighted by Crippen LogP contribution is -2.36. The molecular formula is C13H19ClN2O2. The molecule has 0 aliphatic heterocycles. The molecule has 1 atom stereocenters. The summed E-state index contributed by atoms with van der Waals surface area (Å²) < 4.78 is 5.64. The van der Waals surface area contributed by atoms with Crippen LogP contribution in [0.1, 0.15) is 19.4 Å². The Morgan fingerprint density at radius 1 is 1.56 bits per heavy atom. The molecule has 100 valence electrons. The highest BCUT2D eigenvalue weighted by Gasteiger charge is 2.16. The van der Waals surface area contributed by atoms with Crippen LogP contribution in [0.15, 0.2) is 18.2 Å². The van der Waals surface area contributed by atoms with Crippen molar-refractivity contribution < 1.29 is 9.53 Å². The maximum Gasteiger partial charge on any atom is 0.260 e. The Labute approximate surface area is 112 Å². The van der Waals surface area contributed by atoms with Gasteiger partial charge >= 0.3 is 0 Å². The van der Waals surface area contributed by atoms with Gasteiger partial charge in [-0.3, -0.25) is 4.79 Å². The molecule has 5 heteroatoms. The Kier molecular flexibility index (Phi) is 5.95.